The van der Waals surface area contributed by atoms with Crippen molar-refractivity contribution in [3.05, 3.63) is 34.9 Å². The lowest BCUT2D eigenvalue weighted by molar-refractivity contribution is 0.543. The van der Waals surface area contributed by atoms with Crippen molar-refractivity contribution in [1.29, 1.82) is 0 Å². The van der Waals surface area contributed by atoms with E-state index in [0.717, 1.165) is 19.0 Å². The summed E-state index contributed by atoms with van der Waals surface area (Å²) in [5, 5.41) is 3.49. The van der Waals surface area contributed by atoms with Crippen molar-refractivity contribution < 1.29 is 0 Å². The quantitative estimate of drug-likeness (QED) is 0.722. The van der Waals surface area contributed by atoms with Crippen molar-refractivity contribution in [2.45, 2.75) is 40.5 Å². The molecule has 1 N–H and O–H groups in total. The van der Waals surface area contributed by atoms with Crippen molar-refractivity contribution in [3.8, 4) is 0 Å². The van der Waals surface area contributed by atoms with Gasteiger partial charge >= 0.3 is 0 Å². The Kier molecular flexibility index (Phi) is 5.54. The predicted octanol–water partition coefficient (Wildman–Crippen LogP) is 3.48. The summed E-state index contributed by atoms with van der Waals surface area (Å²) in [6, 6.07) is 6.74. The van der Waals surface area contributed by atoms with Crippen molar-refractivity contribution in [1.82, 2.24) is 5.32 Å². The van der Waals surface area contributed by atoms with Crippen LogP contribution in [-0.4, -0.2) is 13.1 Å². The summed E-state index contributed by atoms with van der Waals surface area (Å²) in [6.45, 7) is 11.1. The molecule has 16 heavy (non-hydrogen) atoms. The van der Waals surface area contributed by atoms with Crippen LogP contribution in [0.4, 0.5) is 0 Å². The highest BCUT2D eigenvalue weighted by Gasteiger charge is 1.99. The van der Waals surface area contributed by atoms with Crippen molar-refractivity contribution in [3.63, 3.8) is 0 Å². The topological polar surface area (TPSA) is 12.0 Å². The monoisotopic (exact) mass is 219 g/mol. The molecule has 0 spiro atoms. The number of hydrogen-bond acceptors (Lipinski definition) is 1. The first kappa shape index (κ1) is 13.2. The predicted molar refractivity (Wildman–Crippen MR) is 71.9 cm³/mol. The van der Waals surface area contributed by atoms with E-state index in [2.05, 4.69) is 51.2 Å². The molecule has 1 nitrogen and oxygen atoms in total. The van der Waals surface area contributed by atoms with Crippen LogP contribution in [0.2, 0.25) is 0 Å². The number of hydrogen-bond donors (Lipinski definition) is 1. The standard InChI is InChI=1S/C15H25N/c1-12(2)11-16-9-5-6-15-10-13(3)7-8-14(15)4/h7-8,10,12,16H,5-6,9,11H2,1-4H3. The number of nitrogens with one attached hydrogen (secondary N) is 1. The minimum atomic E-state index is 0.751. The van der Waals surface area contributed by atoms with Gasteiger partial charge in [0.25, 0.3) is 0 Å². The van der Waals surface area contributed by atoms with Crippen LogP contribution >= 0.6 is 0 Å². The third-order valence-electron chi connectivity index (χ3n) is 2.86. The van der Waals surface area contributed by atoms with Gasteiger partial charge in [-0.1, -0.05) is 37.6 Å². The molecule has 0 aliphatic carbocycles. The lowest BCUT2D eigenvalue weighted by Gasteiger charge is -2.09. The fourth-order valence-electron chi connectivity index (χ4n) is 1.86. The van der Waals surface area contributed by atoms with Gasteiger partial charge in [-0.25, -0.2) is 0 Å². The molecule has 0 unspecified atom stereocenters. The Morgan fingerprint density at radius 2 is 1.94 bits per heavy atom. The highest BCUT2D eigenvalue weighted by atomic mass is 14.8. The zero-order valence-corrected chi connectivity index (χ0v) is 11.1. The van der Waals surface area contributed by atoms with E-state index < -0.39 is 0 Å². The summed E-state index contributed by atoms with van der Waals surface area (Å²) in [5.74, 6) is 0.751. The Morgan fingerprint density at radius 1 is 1.19 bits per heavy atom. The van der Waals surface area contributed by atoms with Gasteiger partial charge in [-0.3, -0.25) is 0 Å². The molecule has 0 heterocycles. The fourth-order valence-corrected chi connectivity index (χ4v) is 1.86. The summed E-state index contributed by atoms with van der Waals surface area (Å²) in [7, 11) is 0. The molecule has 0 bridgehead atoms. The summed E-state index contributed by atoms with van der Waals surface area (Å²) >= 11 is 0. The average Bonchev–Trinajstić information content (AvgIpc) is 2.22. The Hall–Kier alpha value is -0.820. The molecule has 0 aliphatic heterocycles. The molecule has 0 aliphatic rings. The Balaban J connectivity index is 2.29. The van der Waals surface area contributed by atoms with Crippen LogP contribution in [0.5, 0.6) is 0 Å². The molecule has 1 heteroatoms. The minimum absolute atomic E-state index is 0.751. The van der Waals surface area contributed by atoms with Gasteiger partial charge in [0.15, 0.2) is 0 Å². The van der Waals surface area contributed by atoms with Gasteiger partial charge in [0.2, 0.25) is 0 Å². The molecule has 0 radical (unpaired) electrons. The van der Waals surface area contributed by atoms with Gasteiger partial charge in [-0.2, -0.15) is 0 Å². The molecule has 1 rings (SSSR count). The smallest absolute Gasteiger partial charge is 0.00258 e. The van der Waals surface area contributed by atoms with E-state index in [1.165, 1.54) is 29.5 Å². The lowest BCUT2D eigenvalue weighted by Crippen LogP contribution is -2.21. The second kappa shape index (κ2) is 6.70. The second-order valence-electron chi connectivity index (χ2n) is 5.13. The van der Waals surface area contributed by atoms with Crippen LogP contribution in [0.3, 0.4) is 0 Å². The first-order valence-electron chi connectivity index (χ1n) is 6.36. The highest BCUT2D eigenvalue weighted by molar-refractivity contribution is 5.30. The molecule has 1 aromatic rings. The molecular formula is C15H25N. The van der Waals surface area contributed by atoms with E-state index in [0.29, 0.717) is 0 Å². The molecular weight excluding hydrogens is 194 g/mol. The van der Waals surface area contributed by atoms with E-state index in [4.69, 9.17) is 0 Å². The zero-order chi connectivity index (χ0) is 12.0. The van der Waals surface area contributed by atoms with Crippen LogP contribution in [0, 0.1) is 19.8 Å². The molecule has 0 fully saturated rings. The van der Waals surface area contributed by atoms with Crippen LogP contribution < -0.4 is 5.32 Å². The van der Waals surface area contributed by atoms with Crippen LogP contribution in [0.25, 0.3) is 0 Å². The summed E-state index contributed by atoms with van der Waals surface area (Å²) in [6.07, 6.45) is 2.43. The highest BCUT2D eigenvalue weighted by Crippen LogP contribution is 2.12. The Bertz CT molecular complexity index is 315. The van der Waals surface area contributed by atoms with Gasteiger partial charge in [-0.15, -0.1) is 0 Å². The van der Waals surface area contributed by atoms with E-state index in [1.54, 1.807) is 0 Å². The average molecular weight is 219 g/mol. The Morgan fingerprint density at radius 3 is 2.62 bits per heavy atom. The Labute approximate surface area is 100 Å². The number of benzene rings is 1. The van der Waals surface area contributed by atoms with Crippen LogP contribution in [0.15, 0.2) is 18.2 Å². The molecule has 0 saturated heterocycles. The largest absolute Gasteiger partial charge is 0.316 e. The molecule has 0 aromatic heterocycles. The third-order valence-corrected chi connectivity index (χ3v) is 2.86. The van der Waals surface area contributed by atoms with E-state index in [-0.39, 0.29) is 0 Å². The van der Waals surface area contributed by atoms with Crippen LogP contribution in [-0.2, 0) is 6.42 Å². The second-order valence-corrected chi connectivity index (χ2v) is 5.13. The molecule has 90 valence electrons. The maximum absolute atomic E-state index is 3.49. The van der Waals surface area contributed by atoms with Crippen molar-refractivity contribution >= 4 is 0 Å². The SMILES string of the molecule is Cc1ccc(C)c(CCCNCC(C)C)c1. The van der Waals surface area contributed by atoms with Gasteiger partial charge < -0.3 is 5.32 Å². The van der Waals surface area contributed by atoms with E-state index in [1.807, 2.05) is 0 Å². The summed E-state index contributed by atoms with van der Waals surface area (Å²) in [4.78, 5) is 0. The maximum atomic E-state index is 3.49. The third kappa shape index (κ3) is 4.80. The molecule has 0 amide bonds. The van der Waals surface area contributed by atoms with Crippen molar-refractivity contribution in [2.24, 2.45) is 5.92 Å². The first-order chi connectivity index (χ1) is 7.59. The lowest BCUT2D eigenvalue weighted by atomic mass is 10.0. The normalized spacial score (nSPS) is 11.1. The zero-order valence-electron chi connectivity index (χ0n) is 11.1. The molecule has 0 atom stereocenters. The van der Waals surface area contributed by atoms with Crippen molar-refractivity contribution in [2.75, 3.05) is 13.1 Å². The molecule has 0 saturated carbocycles. The number of aryl methyl sites for hydroxylation is 3. The fraction of sp³-hybridized carbons (Fsp3) is 0.600. The van der Waals surface area contributed by atoms with Gasteiger partial charge in [0.1, 0.15) is 0 Å². The summed E-state index contributed by atoms with van der Waals surface area (Å²) < 4.78 is 0. The van der Waals surface area contributed by atoms with E-state index in [9.17, 15) is 0 Å². The van der Waals surface area contributed by atoms with Crippen LogP contribution in [0.1, 0.15) is 37.0 Å². The molecule has 1 aromatic carbocycles. The first-order valence-corrected chi connectivity index (χ1v) is 6.36. The van der Waals surface area contributed by atoms with Gasteiger partial charge in [0.05, 0.1) is 0 Å². The maximum Gasteiger partial charge on any atom is -0.00258 e. The minimum Gasteiger partial charge on any atom is -0.316 e. The van der Waals surface area contributed by atoms with E-state index >= 15 is 0 Å². The van der Waals surface area contributed by atoms with Gasteiger partial charge in [-0.05, 0) is 56.8 Å². The van der Waals surface area contributed by atoms with Gasteiger partial charge in [0, 0.05) is 0 Å². The summed E-state index contributed by atoms with van der Waals surface area (Å²) in [5.41, 5.74) is 4.30. The number of rotatable bonds is 6.